The van der Waals surface area contributed by atoms with Gasteiger partial charge in [-0.2, -0.15) is 0 Å². The van der Waals surface area contributed by atoms with Crippen LogP contribution in [0.2, 0.25) is 0 Å². The average Bonchev–Trinajstić information content (AvgIpc) is 2.08. The van der Waals surface area contributed by atoms with Crippen molar-refractivity contribution in [2.24, 2.45) is 0 Å². The number of likely N-dealkylation sites (N-methyl/N-ethyl adjacent to an activating group) is 1. The van der Waals surface area contributed by atoms with Gasteiger partial charge in [0.25, 0.3) is 11.8 Å². The third kappa shape index (κ3) is 1.52. The van der Waals surface area contributed by atoms with E-state index in [1.165, 1.54) is 7.05 Å². The van der Waals surface area contributed by atoms with Gasteiger partial charge in [-0.05, 0) is 0 Å². The van der Waals surface area contributed by atoms with Gasteiger partial charge in [0.1, 0.15) is 0 Å². The first-order valence-electron chi connectivity index (χ1n) is 3.44. The molecule has 3 amide bonds. The summed E-state index contributed by atoms with van der Waals surface area (Å²) in [4.78, 5) is 32.6. The number of carbonyl (C=O) groups excluding carboxylic acids is 3. The van der Waals surface area contributed by atoms with E-state index >= 15 is 0 Å². The Balaban J connectivity index is 2.67. The smallest absolute Gasteiger partial charge is 0.252 e. The molecule has 1 fully saturated rings. The van der Waals surface area contributed by atoms with Gasteiger partial charge in [0.05, 0.1) is 6.54 Å². The lowest BCUT2D eigenvalue weighted by Gasteiger charge is -2.21. The SMILES string of the molecule is CNC(=O)C1NC(=O)CNC1=O. The molecule has 1 aliphatic rings. The number of nitrogens with one attached hydrogen (secondary N) is 3. The van der Waals surface area contributed by atoms with E-state index < -0.39 is 17.9 Å². The van der Waals surface area contributed by atoms with Gasteiger partial charge in [0.15, 0.2) is 6.04 Å². The van der Waals surface area contributed by atoms with Crippen molar-refractivity contribution in [3.63, 3.8) is 0 Å². The van der Waals surface area contributed by atoms with Gasteiger partial charge in [0, 0.05) is 7.05 Å². The maximum absolute atomic E-state index is 11.0. The summed E-state index contributed by atoms with van der Waals surface area (Å²) in [6.45, 7) is -0.0632. The van der Waals surface area contributed by atoms with Crippen molar-refractivity contribution in [1.82, 2.24) is 16.0 Å². The predicted octanol–water partition coefficient (Wildman–Crippen LogP) is -2.65. The van der Waals surface area contributed by atoms with Gasteiger partial charge in [-0.1, -0.05) is 0 Å². The zero-order chi connectivity index (χ0) is 9.14. The fourth-order valence-electron chi connectivity index (χ4n) is 0.876. The van der Waals surface area contributed by atoms with E-state index in [-0.39, 0.29) is 12.5 Å². The molecule has 0 aromatic rings. The Bertz CT molecular complexity index is 230. The highest BCUT2D eigenvalue weighted by Crippen LogP contribution is 1.89. The zero-order valence-electron chi connectivity index (χ0n) is 6.51. The Morgan fingerprint density at radius 2 is 2.25 bits per heavy atom. The van der Waals surface area contributed by atoms with Crippen LogP contribution in [0.5, 0.6) is 0 Å². The summed E-state index contributed by atoms with van der Waals surface area (Å²) in [6, 6.07) is -1.09. The van der Waals surface area contributed by atoms with Crippen molar-refractivity contribution < 1.29 is 14.4 Å². The van der Waals surface area contributed by atoms with Crippen LogP contribution in [0, 0.1) is 0 Å². The Morgan fingerprint density at radius 3 is 2.83 bits per heavy atom. The molecule has 0 aromatic heterocycles. The second kappa shape index (κ2) is 3.21. The lowest BCUT2D eigenvalue weighted by atomic mass is 10.2. The number of piperazine rings is 1. The topological polar surface area (TPSA) is 87.3 Å². The van der Waals surface area contributed by atoms with Gasteiger partial charge >= 0.3 is 0 Å². The van der Waals surface area contributed by atoms with Crippen molar-refractivity contribution in [2.45, 2.75) is 6.04 Å². The van der Waals surface area contributed by atoms with Crippen LogP contribution in [-0.4, -0.2) is 37.4 Å². The van der Waals surface area contributed by atoms with Gasteiger partial charge < -0.3 is 16.0 Å². The molecule has 66 valence electrons. The molecule has 1 atom stereocenters. The number of amides is 3. The lowest BCUT2D eigenvalue weighted by Crippen LogP contribution is -2.61. The van der Waals surface area contributed by atoms with Gasteiger partial charge in [-0.3, -0.25) is 14.4 Å². The molecule has 0 aromatic carbocycles. The molecule has 0 saturated carbocycles. The Kier molecular flexibility index (Phi) is 2.27. The summed E-state index contributed by atoms with van der Waals surface area (Å²) in [7, 11) is 1.40. The largest absolute Gasteiger partial charge is 0.357 e. The molecule has 1 heterocycles. The molecule has 0 spiro atoms. The Hall–Kier alpha value is -1.59. The minimum absolute atomic E-state index is 0.0632. The second-order valence-electron chi connectivity index (χ2n) is 2.33. The first-order valence-corrected chi connectivity index (χ1v) is 3.44. The summed E-state index contributed by atoms with van der Waals surface area (Å²) >= 11 is 0. The molecule has 0 radical (unpaired) electrons. The number of hydrogen-bond donors (Lipinski definition) is 3. The normalized spacial score (nSPS) is 22.6. The molecule has 0 bridgehead atoms. The summed E-state index contributed by atoms with van der Waals surface area (Å²) in [5, 5.41) is 6.81. The van der Waals surface area contributed by atoms with Crippen molar-refractivity contribution in [3.05, 3.63) is 0 Å². The quantitative estimate of drug-likeness (QED) is 0.376. The van der Waals surface area contributed by atoms with Crippen molar-refractivity contribution in [3.8, 4) is 0 Å². The summed E-state index contributed by atoms with van der Waals surface area (Å²) < 4.78 is 0. The second-order valence-corrected chi connectivity index (χ2v) is 2.33. The molecule has 6 nitrogen and oxygen atoms in total. The first-order chi connectivity index (χ1) is 5.65. The number of carbonyl (C=O) groups is 3. The van der Waals surface area contributed by atoms with Crippen LogP contribution in [0.25, 0.3) is 0 Å². The molecule has 1 aliphatic heterocycles. The minimum atomic E-state index is -1.09. The maximum Gasteiger partial charge on any atom is 0.252 e. The van der Waals surface area contributed by atoms with Crippen molar-refractivity contribution in [2.75, 3.05) is 13.6 Å². The van der Waals surface area contributed by atoms with Gasteiger partial charge in [-0.25, -0.2) is 0 Å². The van der Waals surface area contributed by atoms with Crippen LogP contribution in [0.3, 0.4) is 0 Å². The highest BCUT2D eigenvalue weighted by atomic mass is 16.2. The van der Waals surface area contributed by atoms with Crippen LogP contribution in [0.15, 0.2) is 0 Å². The van der Waals surface area contributed by atoms with E-state index in [1.54, 1.807) is 0 Å². The Morgan fingerprint density at radius 1 is 1.58 bits per heavy atom. The molecule has 1 rings (SSSR count). The molecular weight excluding hydrogens is 162 g/mol. The third-order valence-corrected chi connectivity index (χ3v) is 1.50. The standard InChI is InChI=1S/C6H9N3O3/c1-7-5(11)4-6(12)8-2-3(10)9-4/h4H,2H2,1H3,(H,7,11)(H,8,12)(H,9,10). The van der Waals surface area contributed by atoms with Gasteiger partial charge in [0.2, 0.25) is 5.91 Å². The van der Waals surface area contributed by atoms with E-state index in [0.29, 0.717) is 0 Å². The fourth-order valence-corrected chi connectivity index (χ4v) is 0.876. The van der Waals surface area contributed by atoms with E-state index in [2.05, 4.69) is 16.0 Å². The predicted molar refractivity (Wildman–Crippen MR) is 39.0 cm³/mol. The van der Waals surface area contributed by atoms with E-state index in [1.807, 2.05) is 0 Å². The molecule has 6 heteroatoms. The van der Waals surface area contributed by atoms with E-state index in [0.717, 1.165) is 0 Å². The fraction of sp³-hybridized carbons (Fsp3) is 0.500. The van der Waals surface area contributed by atoms with Crippen LogP contribution in [0.4, 0.5) is 0 Å². The molecule has 12 heavy (non-hydrogen) atoms. The Labute approximate surface area is 68.7 Å². The first kappa shape index (κ1) is 8.51. The van der Waals surface area contributed by atoms with Crippen molar-refractivity contribution >= 4 is 17.7 Å². The zero-order valence-corrected chi connectivity index (χ0v) is 6.51. The van der Waals surface area contributed by atoms with Crippen LogP contribution >= 0.6 is 0 Å². The number of rotatable bonds is 1. The van der Waals surface area contributed by atoms with Crippen LogP contribution in [0.1, 0.15) is 0 Å². The third-order valence-electron chi connectivity index (χ3n) is 1.50. The summed E-state index contributed by atoms with van der Waals surface area (Å²) in [6.07, 6.45) is 0. The van der Waals surface area contributed by atoms with Crippen LogP contribution in [-0.2, 0) is 14.4 Å². The van der Waals surface area contributed by atoms with Gasteiger partial charge in [-0.15, -0.1) is 0 Å². The van der Waals surface area contributed by atoms with E-state index in [4.69, 9.17) is 0 Å². The van der Waals surface area contributed by atoms with Crippen molar-refractivity contribution in [1.29, 1.82) is 0 Å². The lowest BCUT2D eigenvalue weighted by molar-refractivity contribution is -0.139. The van der Waals surface area contributed by atoms with E-state index in [9.17, 15) is 14.4 Å². The number of hydrogen-bond acceptors (Lipinski definition) is 3. The molecule has 1 unspecified atom stereocenters. The molecular formula is C6H9N3O3. The average molecular weight is 171 g/mol. The molecule has 3 N–H and O–H groups in total. The van der Waals surface area contributed by atoms with Crippen LogP contribution < -0.4 is 16.0 Å². The summed E-state index contributed by atoms with van der Waals surface area (Å²) in [5.74, 6) is -1.35. The molecule has 0 aliphatic carbocycles. The highest BCUT2D eigenvalue weighted by Gasteiger charge is 2.31. The highest BCUT2D eigenvalue weighted by molar-refractivity contribution is 6.09. The maximum atomic E-state index is 11.0. The minimum Gasteiger partial charge on any atom is -0.357 e. The molecule has 1 saturated heterocycles. The summed E-state index contributed by atoms with van der Waals surface area (Å²) in [5.41, 5.74) is 0. The monoisotopic (exact) mass is 171 g/mol.